The molecule has 14 heavy (non-hydrogen) atoms. The summed E-state index contributed by atoms with van der Waals surface area (Å²) in [5.41, 5.74) is 0. The molecule has 2 unspecified atom stereocenters. The molecule has 0 aromatic heterocycles. The van der Waals surface area contributed by atoms with Crippen molar-refractivity contribution in [3.8, 4) is 0 Å². The maximum atomic E-state index is 9.16. The summed E-state index contributed by atoms with van der Waals surface area (Å²) < 4.78 is 0. The van der Waals surface area contributed by atoms with E-state index in [9.17, 15) is 0 Å². The first-order chi connectivity index (χ1) is 6.90. The van der Waals surface area contributed by atoms with Crippen LogP contribution in [-0.4, -0.2) is 24.8 Å². The Kier molecular flexibility index (Phi) is 3.82. The average Bonchev–Trinajstić information content (AvgIpc) is 2.91. The van der Waals surface area contributed by atoms with Crippen LogP contribution in [0.3, 0.4) is 0 Å². The lowest BCUT2D eigenvalue weighted by Gasteiger charge is -2.17. The first kappa shape index (κ1) is 10.4. The Morgan fingerprint density at radius 3 is 2.57 bits per heavy atom. The van der Waals surface area contributed by atoms with Gasteiger partial charge in [-0.15, -0.1) is 0 Å². The van der Waals surface area contributed by atoms with Crippen LogP contribution in [-0.2, 0) is 0 Å². The molecule has 0 aliphatic heterocycles. The number of hydrogen-bond donors (Lipinski definition) is 2. The highest BCUT2D eigenvalue weighted by atomic mass is 16.3. The zero-order chi connectivity index (χ0) is 9.80. The van der Waals surface area contributed by atoms with E-state index in [2.05, 4.69) is 5.32 Å². The van der Waals surface area contributed by atoms with Crippen LogP contribution in [0, 0.1) is 17.8 Å². The third kappa shape index (κ3) is 2.96. The average molecular weight is 197 g/mol. The summed E-state index contributed by atoms with van der Waals surface area (Å²) in [6.45, 7) is 2.73. The highest BCUT2D eigenvalue weighted by molar-refractivity contribution is 4.79. The van der Waals surface area contributed by atoms with Crippen molar-refractivity contribution < 1.29 is 5.11 Å². The second-order valence-electron chi connectivity index (χ2n) is 5.07. The summed E-state index contributed by atoms with van der Waals surface area (Å²) in [5.74, 6) is 2.38. The Hall–Kier alpha value is -0.0800. The van der Waals surface area contributed by atoms with Crippen LogP contribution in [0.4, 0.5) is 0 Å². The van der Waals surface area contributed by atoms with Crippen molar-refractivity contribution in [3.63, 3.8) is 0 Å². The molecule has 2 aliphatic carbocycles. The van der Waals surface area contributed by atoms with Gasteiger partial charge in [-0.1, -0.05) is 19.3 Å². The summed E-state index contributed by atoms with van der Waals surface area (Å²) in [7, 11) is 0. The lowest BCUT2D eigenvalue weighted by molar-refractivity contribution is 0.192. The Balaban J connectivity index is 1.54. The standard InChI is InChI=1S/C12H23NO/c14-9-12-3-1-2-11(12)8-13-7-6-10-4-5-10/h10-14H,1-9H2. The van der Waals surface area contributed by atoms with Gasteiger partial charge in [0.1, 0.15) is 0 Å². The predicted molar refractivity (Wildman–Crippen MR) is 58.1 cm³/mol. The van der Waals surface area contributed by atoms with Gasteiger partial charge in [0.05, 0.1) is 0 Å². The summed E-state index contributed by atoms with van der Waals surface area (Å²) in [6.07, 6.45) is 8.18. The fraction of sp³-hybridized carbons (Fsp3) is 1.00. The van der Waals surface area contributed by atoms with E-state index in [0.29, 0.717) is 12.5 Å². The topological polar surface area (TPSA) is 32.3 Å². The largest absolute Gasteiger partial charge is 0.396 e. The molecule has 2 nitrogen and oxygen atoms in total. The Morgan fingerprint density at radius 2 is 1.86 bits per heavy atom. The number of nitrogens with one attached hydrogen (secondary N) is 1. The minimum Gasteiger partial charge on any atom is -0.396 e. The molecule has 2 aliphatic rings. The van der Waals surface area contributed by atoms with Crippen LogP contribution in [0.1, 0.15) is 38.5 Å². The van der Waals surface area contributed by atoms with Crippen molar-refractivity contribution in [1.29, 1.82) is 0 Å². The molecule has 2 saturated carbocycles. The van der Waals surface area contributed by atoms with Crippen LogP contribution in [0.2, 0.25) is 0 Å². The van der Waals surface area contributed by atoms with E-state index < -0.39 is 0 Å². The molecule has 0 amide bonds. The van der Waals surface area contributed by atoms with Crippen LogP contribution in [0.25, 0.3) is 0 Å². The van der Waals surface area contributed by atoms with Crippen molar-refractivity contribution in [3.05, 3.63) is 0 Å². The molecule has 2 rings (SSSR count). The van der Waals surface area contributed by atoms with E-state index in [4.69, 9.17) is 5.11 Å². The fourth-order valence-electron chi connectivity index (χ4n) is 2.62. The van der Waals surface area contributed by atoms with Crippen LogP contribution >= 0.6 is 0 Å². The maximum absolute atomic E-state index is 9.16. The zero-order valence-electron chi connectivity index (χ0n) is 9.04. The number of rotatable bonds is 6. The van der Waals surface area contributed by atoms with Crippen molar-refractivity contribution in [1.82, 2.24) is 5.32 Å². The van der Waals surface area contributed by atoms with E-state index in [0.717, 1.165) is 18.4 Å². The van der Waals surface area contributed by atoms with Gasteiger partial charge in [-0.3, -0.25) is 0 Å². The van der Waals surface area contributed by atoms with Crippen LogP contribution in [0.5, 0.6) is 0 Å². The van der Waals surface area contributed by atoms with Gasteiger partial charge < -0.3 is 10.4 Å². The van der Waals surface area contributed by atoms with E-state index in [-0.39, 0.29) is 0 Å². The van der Waals surface area contributed by atoms with Gasteiger partial charge in [0, 0.05) is 6.61 Å². The normalized spacial score (nSPS) is 32.4. The van der Waals surface area contributed by atoms with Gasteiger partial charge in [-0.2, -0.15) is 0 Å². The predicted octanol–water partition coefficient (Wildman–Crippen LogP) is 1.78. The van der Waals surface area contributed by atoms with Gasteiger partial charge in [0.25, 0.3) is 0 Å². The summed E-state index contributed by atoms with van der Waals surface area (Å²) in [6, 6.07) is 0. The molecule has 2 heteroatoms. The fourth-order valence-corrected chi connectivity index (χ4v) is 2.62. The number of aliphatic hydroxyl groups excluding tert-OH is 1. The molecule has 0 spiro atoms. The lowest BCUT2D eigenvalue weighted by atomic mass is 9.97. The second kappa shape index (κ2) is 5.13. The Labute approximate surface area is 87.1 Å². The molecular weight excluding hydrogens is 174 g/mol. The highest BCUT2D eigenvalue weighted by Crippen LogP contribution is 2.32. The molecule has 0 heterocycles. The first-order valence-corrected chi connectivity index (χ1v) is 6.21. The molecule has 0 aromatic rings. The first-order valence-electron chi connectivity index (χ1n) is 6.21. The minimum atomic E-state index is 0.398. The molecular formula is C12H23NO. The summed E-state index contributed by atoms with van der Waals surface area (Å²) in [5, 5.41) is 12.7. The van der Waals surface area contributed by atoms with Crippen LogP contribution < -0.4 is 5.32 Å². The van der Waals surface area contributed by atoms with Gasteiger partial charge in [-0.25, -0.2) is 0 Å². The van der Waals surface area contributed by atoms with Crippen molar-refractivity contribution in [2.45, 2.75) is 38.5 Å². The smallest absolute Gasteiger partial charge is 0.0462 e. The van der Waals surface area contributed by atoms with Gasteiger partial charge in [-0.05, 0) is 50.1 Å². The summed E-state index contributed by atoms with van der Waals surface area (Å²) >= 11 is 0. The molecule has 2 N–H and O–H groups in total. The molecule has 0 aromatic carbocycles. The quantitative estimate of drug-likeness (QED) is 0.636. The zero-order valence-corrected chi connectivity index (χ0v) is 9.04. The van der Waals surface area contributed by atoms with Crippen LogP contribution in [0.15, 0.2) is 0 Å². The highest BCUT2D eigenvalue weighted by Gasteiger charge is 2.26. The minimum absolute atomic E-state index is 0.398. The van der Waals surface area contributed by atoms with Gasteiger partial charge >= 0.3 is 0 Å². The molecule has 2 fully saturated rings. The maximum Gasteiger partial charge on any atom is 0.0462 e. The summed E-state index contributed by atoms with van der Waals surface area (Å²) in [4.78, 5) is 0. The Bertz CT molecular complexity index is 168. The van der Waals surface area contributed by atoms with E-state index in [1.165, 1.54) is 45.1 Å². The lowest BCUT2D eigenvalue weighted by Crippen LogP contribution is -2.27. The van der Waals surface area contributed by atoms with Crippen molar-refractivity contribution in [2.24, 2.45) is 17.8 Å². The number of aliphatic hydroxyl groups is 1. The van der Waals surface area contributed by atoms with E-state index in [1.54, 1.807) is 0 Å². The SMILES string of the molecule is OCC1CCCC1CNCCC1CC1. The number of hydrogen-bond acceptors (Lipinski definition) is 2. The molecule has 0 radical (unpaired) electrons. The van der Waals surface area contributed by atoms with Crippen molar-refractivity contribution >= 4 is 0 Å². The molecule has 0 saturated heterocycles. The molecule has 0 bridgehead atoms. The Morgan fingerprint density at radius 1 is 1.07 bits per heavy atom. The third-order valence-electron chi connectivity index (χ3n) is 3.88. The van der Waals surface area contributed by atoms with E-state index >= 15 is 0 Å². The third-order valence-corrected chi connectivity index (χ3v) is 3.88. The molecule has 2 atom stereocenters. The van der Waals surface area contributed by atoms with E-state index in [1.807, 2.05) is 0 Å². The van der Waals surface area contributed by atoms with Crippen molar-refractivity contribution in [2.75, 3.05) is 19.7 Å². The van der Waals surface area contributed by atoms with Gasteiger partial charge in [0.15, 0.2) is 0 Å². The second-order valence-corrected chi connectivity index (χ2v) is 5.07. The van der Waals surface area contributed by atoms with Gasteiger partial charge in [0.2, 0.25) is 0 Å². The monoisotopic (exact) mass is 197 g/mol. The molecule has 82 valence electrons.